The molecule has 0 saturated carbocycles. The van der Waals surface area contributed by atoms with E-state index in [9.17, 15) is 18.0 Å². The van der Waals surface area contributed by atoms with Crippen molar-refractivity contribution >= 4 is 11.6 Å². The van der Waals surface area contributed by atoms with Crippen molar-refractivity contribution in [1.82, 2.24) is 9.80 Å². The highest BCUT2D eigenvalue weighted by Gasteiger charge is 2.53. The maximum absolute atomic E-state index is 14.7. The number of anilines is 1. The third kappa shape index (κ3) is 3.94. The lowest BCUT2D eigenvalue weighted by atomic mass is 9.84. The minimum Gasteiger partial charge on any atom is -0.480 e. The van der Waals surface area contributed by atoms with Crippen molar-refractivity contribution in [3.63, 3.8) is 0 Å². The second kappa shape index (κ2) is 7.65. The molecule has 0 bridgehead atoms. The average Bonchev–Trinajstić information content (AvgIpc) is 3.17. The van der Waals surface area contributed by atoms with E-state index in [-0.39, 0.29) is 23.2 Å². The molecule has 176 valence electrons. The van der Waals surface area contributed by atoms with Crippen LogP contribution in [-0.4, -0.2) is 59.6 Å². The summed E-state index contributed by atoms with van der Waals surface area (Å²) in [5, 5.41) is 3.20. The summed E-state index contributed by atoms with van der Waals surface area (Å²) in [6.45, 7) is 8.52. The van der Waals surface area contributed by atoms with Crippen LogP contribution in [0, 0.1) is 23.4 Å². The average molecular weight is 460 g/mol. The lowest BCUT2D eigenvalue weighted by Gasteiger charge is -2.52. The Kier molecular flexibility index (Phi) is 5.12. The van der Waals surface area contributed by atoms with Crippen LogP contribution in [0.4, 0.5) is 18.9 Å². The highest BCUT2D eigenvalue weighted by atomic mass is 19.1. The van der Waals surface area contributed by atoms with Crippen LogP contribution < -0.4 is 10.1 Å². The normalized spacial score (nSPS) is 24.1. The van der Waals surface area contributed by atoms with Gasteiger partial charge in [-0.05, 0) is 44.5 Å². The Bertz CT molecular complexity index is 1090. The van der Waals surface area contributed by atoms with Crippen LogP contribution in [0.15, 0.2) is 36.4 Å². The van der Waals surface area contributed by atoms with E-state index in [4.69, 9.17) is 4.74 Å². The molecule has 2 fully saturated rings. The summed E-state index contributed by atoms with van der Waals surface area (Å²) in [6.07, 6.45) is 0. The van der Waals surface area contributed by atoms with Crippen LogP contribution >= 0.6 is 0 Å². The summed E-state index contributed by atoms with van der Waals surface area (Å²) in [7, 11) is 0. The van der Waals surface area contributed by atoms with Gasteiger partial charge in [0.05, 0.1) is 31.2 Å². The molecule has 1 N–H and O–H groups in total. The van der Waals surface area contributed by atoms with Gasteiger partial charge in [-0.1, -0.05) is 6.07 Å². The molecule has 1 amide bonds. The molecule has 3 aliphatic heterocycles. The van der Waals surface area contributed by atoms with Gasteiger partial charge in [0.25, 0.3) is 0 Å². The molecule has 2 saturated heterocycles. The predicted octanol–water partition coefficient (Wildman–Crippen LogP) is 4.00. The molecule has 2 aromatic rings. The lowest BCUT2D eigenvalue weighted by Crippen LogP contribution is -2.71. The predicted molar refractivity (Wildman–Crippen MR) is 119 cm³/mol. The van der Waals surface area contributed by atoms with Crippen molar-refractivity contribution in [2.75, 3.05) is 38.0 Å². The fourth-order valence-corrected chi connectivity index (χ4v) is 5.19. The largest absolute Gasteiger partial charge is 0.480 e. The zero-order chi connectivity index (χ0) is 23.5. The molecule has 0 unspecified atom stereocenters. The maximum Gasteiger partial charge on any atom is 0.227 e. The van der Waals surface area contributed by atoms with Crippen molar-refractivity contribution in [1.29, 1.82) is 0 Å². The maximum atomic E-state index is 14.7. The molecule has 0 aromatic heterocycles. The number of fused-ring (bicyclic) bond motifs is 1. The van der Waals surface area contributed by atoms with E-state index < -0.39 is 23.2 Å². The van der Waals surface area contributed by atoms with Gasteiger partial charge in [0.2, 0.25) is 5.91 Å². The third-order valence-electron chi connectivity index (χ3n) is 7.09. The highest BCUT2D eigenvalue weighted by Crippen LogP contribution is 2.42. The Hall–Kier alpha value is -2.74. The third-order valence-corrected chi connectivity index (χ3v) is 7.09. The van der Waals surface area contributed by atoms with E-state index in [1.54, 1.807) is 11.0 Å². The fraction of sp³-hybridized carbons (Fsp3) is 0.480. The van der Waals surface area contributed by atoms with E-state index in [0.717, 1.165) is 6.07 Å². The molecule has 33 heavy (non-hydrogen) atoms. The Morgan fingerprint density at radius 1 is 1.06 bits per heavy atom. The van der Waals surface area contributed by atoms with Crippen molar-refractivity contribution in [3.05, 3.63) is 59.4 Å². The number of carbonyl (C=O) groups excluding carboxylic acids is 1. The number of nitrogens with one attached hydrogen (secondary N) is 1. The van der Waals surface area contributed by atoms with Crippen LogP contribution in [0.25, 0.3) is 0 Å². The number of halogens is 3. The number of amides is 1. The number of hydrogen-bond acceptors (Lipinski definition) is 4. The second-order valence-corrected chi connectivity index (χ2v) is 10.4. The molecule has 5 rings (SSSR count). The molecule has 2 aromatic carbocycles. The first-order chi connectivity index (χ1) is 15.5. The van der Waals surface area contributed by atoms with Gasteiger partial charge < -0.3 is 15.0 Å². The summed E-state index contributed by atoms with van der Waals surface area (Å²) in [5.74, 6) is -1.85. The number of nitrogens with zero attached hydrogens (tertiary/aromatic N) is 2. The number of likely N-dealkylation sites (tertiary alicyclic amines) is 2. The zero-order valence-electron chi connectivity index (χ0n) is 19.0. The summed E-state index contributed by atoms with van der Waals surface area (Å²) in [5.41, 5.74) is 0.242. The van der Waals surface area contributed by atoms with Crippen molar-refractivity contribution in [3.8, 4) is 5.75 Å². The lowest BCUT2D eigenvalue weighted by molar-refractivity contribution is -0.154. The molecule has 3 heterocycles. The standard InChI is InChI=1S/C25H28F3N3O2/c1-24(2,3)31-10-18(17-6-4-15(26)8-20(17)28)19(11-31)23(32)30-13-25(14-30)12-29-21-9-16(27)5-7-22(21)33-25/h4-9,18-19,29H,10-14H2,1-3H3/t18-,19+/m0/s1. The molecule has 3 aliphatic rings. The molecule has 0 radical (unpaired) electrons. The van der Waals surface area contributed by atoms with Crippen LogP contribution in [0.1, 0.15) is 32.3 Å². The van der Waals surface area contributed by atoms with Gasteiger partial charge in [-0.25, -0.2) is 13.2 Å². The van der Waals surface area contributed by atoms with E-state index in [1.807, 2.05) is 0 Å². The highest BCUT2D eigenvalue weighted by molar-refractivity contribution is 5.82. The molecule has 0 aliphatic carbocycles. The summed E-state index contributed by atoms with van der Waals surface area (Å²) >= 11 is 0. The van der Waals surface area contributed by atoms with Crippen LogP contribution in [0.5, 0.6) is 5.75 Å². The van der Waals surface area contributed by atoms with E-state index in [1.165, 1.54) is 24.3 Å². The Morgan fingerprint density at radius 3 is 2.45 bits per heavy atom. The Labute approximate surface area is 191 Å². The summed E-state index contributed by atoms with van der Waals surface area (Å²) < 4.78 is 47.8. The quantitative estimate of drug-likeness (QED) is 0.738. The van der Waals surface area contributed by atoms with E-state index in [2.05, 4.69) is 31.0 Å². The summed E-state index contributed by atoms with van der Waals surface area (Å²) in [4.78, 5) is 17.5. The minimum atomic E-state index is -0.628. The minimum absolute atomic E-state index is 0.0467. The number of carbonyl (C=O) groups is 1. The smallest absolute Gasteiger partial charge is 0.227 e. The van der Waals surface area contributed by atoms with Gasteiger partial charge >= 0.3 is 0 Å². The SMILES string of the molecule is CC(C)(C)N1C[C@@H](C(=O)N2CC3(CNc4cc(F)ccc4O3)C2)[C@H](c2ccc(F)cc2F)C1. The second-order valence-electron chi connectivity index (χ2n) is 10.4. The summed E-state index contributed by atoms with van der Waals surface area (Å²) in [6, 6.07) is 7.93. The van der Waals surface area contributed by atoms with Crippen molar-refractivity contribution in [2.24, 2.45) is 5.92 Å². The molecular formula is C25H28F3N3O2. The molecular weight excluding hydrogens is 431 g/mol. The van der Waals surface area contributed by atoms with Crippen molar-refractivity contribution < 1.29 is 22.7 Å². The first-order valence-corrected chi connectivity index (χ1v) is 11.3. The molecule has 1 spiro atoms. The number of rotatable bonds is 2. The first kappa shape index (κ1) is 22.1. The number of benzene rings is 2. The van der Waals surface area contributed by atoms with Gasteiger partial charge in [0, 0.05) is 36.7 Å². The molecule has 5 nitrogen and oxygen atoms in total. The monoisotopic (exact) mass is 459 g/mol. The van der Waals surface area contributed by atoms with Crippen LogP contribution in [0.2, 0.25) is 0 Å². The van der Waals surface area contributed by atoms with Gasteiger partial charge in [-0.3, -0.25) is 9.69 Å². The Balaban J connectivity index is 1.34. The van der Waals surface area contributed by atoms with E-state index >= 15 is 0 Å². The van der Waals surface area contributed by atoms with Crippen molar-refractivity contribution in [2.45, 2.75) is 37.8 Å². The van der Waals surface area contributed by atoms with Gasteiger partial charge in [-0.2, -0.15) is 0 Å². The van der Waals surface area contributed by atoms with Gasteiger partial charge in [0.1, 0.15) is 23.2 Å². The zero-order valence-corrected chi connectivity index (χ0v) is 19.0. The topological polar surface area (TPSA) is 44.8 Å². The van der Waals surface area contributed by atoms with E-state index in [0.29, 0.717) is 49.7 Å². The van der Waals surface area contributed by atoms with Gasteiger partial charge in [0.15, 0.2) is 5.60 Å². The number of ether oxygens (including phenoxy) is 1. The van der Waals surface area contributed by atoms with Crippen LogP contribution in [-0.2, 0) is 4.79 Å². The first-order valence-electron chi connectivity index (χ1n) is 11.3. The molecule has 2 atom stereocenters. The molecule has 8 heteroatoms. The number of hydrogen-bond donors (Lipinski definition) is 1. The van der Waals surface area contributed by atoms with Gasteiger partial charge in [-0.15, -0.1) is 0 Å². The van der Waals surface area contributed by atoms with Crippen LogP contribution in [0.3, 0.4) is 0 Å². The Morgan fingerprint density at radius 2 is 1.76 bits per heavy atom. The fourth-order valence-electron chi connectivity index (χ4n) is 5.19.